The van der Waals surface area contributed by atoms with E-state index < -0.39 is 5.97 Å². The minimum atomic E-state index is -0.506. The van der Waals surface area contributed by atoms with E-state index in [2.05, 4.69) is 0 Å². The summed E-state index contributed by atoms with van der Waals surface area (Å²) >= 11 is 0. The van der Waals surface area contributed by atoms with E-state index in [9.17, 15) is 4.79 Å². The molecule has 0 aliphatic rings. The molecule has 4 heteroatoms. The summed E-state index contributed by atoms with van der Waals surface area (Å²) in [6, 6.07) is 7.18. The van der Waals surface area contributed by atoms with Gasteiger partial charge in [0.1, 0.15) is 0 Å². The van der Waals surface area contributed by atoms with Gasteiger partial charge in [-0.2, -0.15) is 4.89 Å². The van der Waals surface area contributed by atoms with E-state index >= 15 is 0 Å². The molecule has 0 aliphatic heterocycles. The number of carbonyl (C=O) groups is 1. The molecule has 0 fully saturated rings. The lowest BCUT2D eigenvalue weighted by Gasteiger charge is -2.21. The standard InChI is InChI=1S/C15H21O4/c1-11-8-6-7-9-13(11)14(16)19-18-12(2)10-17-15(3,4)5/h6-9H,10H2,1-5H3. The number of ether oxygens (including phenoxy) is 1. The second-order valence-electron chi connectivity index (χ2n) is 5.37. The fourth-order valence-electron chi connectivity index (χ4n) is 1.30. The van der Waals surface area contributed by atoms with Gasteiger partial charge in [0.05, 0.1) is 17.8 Å². The van der Waals surface area contributed by atoms with Crippen molar-refractivity contribution < 1.29 is 19.3 Å². The van der Waals surface area contributed by atoms with Crippen LogP contribution in [0.25, 0.3) is 0 Å². The molecule has 0 atom stereocenters. The smallest absolute Gasteiger partial charge is 0.373 e. The Morgan fingerprint density at radius 1 is 1.16 bits per heavy atom. The van der Waals surface area contributed by atoms with Crippen LogP contribution in [0.5, 0.6) is 0 Å². The van der Waals surface area contributed by atoms with Gasteiger partial charge in [0.2, 0.25) is 0 Å². The summed E-state index contributed by atoms with van der Waals surface area (Å²) < 4.78 is 5.50. The zero-order chi connectivity index (χ0) is 14.5. The second kappa shape index (κ2) is 6.68. The molecule has 0 bridgehead atoms. The van der Waals surface area contributed by atoms with Gasteiger partial charge in [-0.15, -0.1) is 0 Å². The molecule has 0 heterocycles. The van der Waals surface area contributed by atoms with Crippen LogP contribution in [0.1, 0.15) is 43.6 Å². The SMILES string of the molecule is C[C](COC(C)(C)C)OOC(=O)c1ccccc1C. The minimum absolute atomic E-state index is 0.259. The van der Waals surface area contributed by atoms with E-state index in [1.54, 1.807) is 19.1 Å². The summed E-state index contributed by atoms with van der Waals surface area (Å²) in [5, 5.41) is 0. The molecule has 0 aliphatic carbocycles. The molecule has 1 radical (unpaired) electrons. The van der Waals surface area contributed by atoms with Crippen molar-refractivity contribution >= 4 is 5.97 Å². The zero-order valence-corrected chi connectivity index (χ0v) is 12.1. The first-order valence-electron chi connectivity index (χ1n) is 6.20. The van der Waals surface area contributed by atoms with Crippen LogP contribution in [0.15, 0.2) is 24.3 Å². The number of benzene rings is 1. The Bertz CT molecular complexity index is 420. The third kappa shape index (κ3) is 5.85. The number of rotatable bonds is 5. The summed E-state index contributed by atoms with van der Waals surface area (Å²) in [4.78, 5) is 21.5. The average Bonchev–Trinajstić information content (AvgIpc) is 2.33. The van der Waals surface area contributed by atoms with Crippen LogP contribution >= 0.6 is 0 Å². The Hall–Kier alpha value is -1.39. The molecule has 0 N–H and O–H groups in total. The molecule has 1 aromatic carbocycles. The van der Waals surface area contributed by atoms with Crippen molar-refractivity contribution in [3.05, 3.63) is 41.5 Å². The number of hydrogen-bond acceptors (Lipinski definition) is 4. The van der Waals surface area contributed by atoms with Gasteiger partial charge < -0.3 is 4.74 Å². The molecule has 4 nitrogen and oxygen atoms in total. The van der Waals surface area contributed by atoms with Gasteiger partial charge in [-0.05, 0) is 46.2 Å². The number of aryl methyl sites for hydroxylation is 1. The highest BCUT2D eigenvalue weighted by Crippen LogP contribution is 2.14. The molecular formula is C15H21O4. The van der Waals surface area contributed by atoms with E-state index in [-0.39, 0.29) is 12.2 Å². The van der Waals surface area contributed by atoms with Crippen molar-refractivity contribution in [2.45, 2.75) is 40.2 Å². The van der Waals surface area contributed by atoms with Gasteiger partial charge in [0.15, 0.2) is 6.10 Å². The third-order valence-corrected chi connectivity index (χ3v) is 2.33. The van der Waals surface area contributed by atoms with Crippen LogP contribution in [0.3, 0.4) is 0 Å². The van der Waals surface area contributed by atoms with Crippen LogP contribution in [0, 0.1) is 13.0 Å². The largest absolute Gasteiger partial charge is 0.373 e. The molecule has 0 unspecified atom stereocenters. The molecule has 1 rings (SSSR count). The minimum Gasteiger partial charge on any atom is -0.373 e. The normalized spacial score (nSPS) is 11.7. The topological polar surface area (TPSA) is 44.8 Å². The van der Waals surface area contributed by atoms with Crippen LogP contribution in [0.4, 0.5) is 0 Å². The van der Waals surface area contributed by atoms with Crippen molar-refractivity contribution in [1.29, 1.82) is 0 Å². The maximum atomic E-state index is 11.8. The summed E-state index contributed by atoms with van der Waals surface area (Å²) in [7, 11) is 0. The fraction of sp³-hybridized carbons (Fsp3) is 0.467. The van der Waals surface area contributed by atoms with E-state index in [0.717, 1.165) is 5.56 Å². The first-order chi connectivity index (χ1) is 8.79. The highest BCUT2D eigenvalue weighted by atomic mass is 17.2. The fourth-order valence-corrected chi connectivity index (χ4v) is 1.30. The summed E-state index contributed by atoms with van der Waals surface area (Å²) in [5.74, 6) is -0.506. The highest BCUT2D eigenvalue weighted by Gasteiger charge is 2.17. The molecule has 19 heavy (non-hydrogen) atoms. The molecule has 0 saturated carbocycles. The molecule has 0 aromatic heterocycles. The number of hydrogen-bond donors (Lipinski definition) is 0. The Morgan fingerprint density at radius 3 is 2.37 bits per heavy atom. The molecule has 1 aromatic rings. The second-order valence-corrected chi connectivity index (χ2v) is 5.37. The van der Waals surface area contributed by atoms with Gasteiger partial charge in [0, 0.05) is 0 Å². The van der Waals surface area contributed by atoms with Crippen molar-refractivity contribution in [2.24, 2.45) is 0 Å². The highest BCUT2D eigenvalue weighted by molar-refractivity contribution is 5.90. The van der Waals surface area contributed by atoms with Gasteiger partial charge in [-0.3, -0.25) is 4.89 Å². The first-order valence-corrected chi connectivity index (χ1v) is 6.20. The van der Waals surface area contributed by atoms with Crippen molar-refractivity contribution in [1.82, 2.24) is 0 Å². The Kier molecular flexibility index (Phi) is 5.51. The van der Waals surface area contributed by atoms with E-state index in [1.165, 1.54) is 0 Å². The van der Waals surface area contributed by atoms with Crippen LogP contribution in [0.2, 0.25) is 0 Å². The van der Waals surface area contributed by atoms with Crippen LogP contribution in [-0.4, -0.2) is 18.2 Å². The average molecular weight is 265 g/mol. The molecular weight excluding hydrogens is 244 g/mol. The van der Waals surface area contributed by atoms with Crippen molar-refractivity contribution in [2.75, 3.05) is 6.61 Å². The maximum absolute atomic E-state index is 11.8. The summed E-state index contributed by atoms with van der Waals surface area (Å²) in [6.45, 7) is 9.66. The lowest BCUT2D eigenvalue weighted by atomic mass is 10.1. The van der Waals surface area contributed by atoms with Gasteiger partial charge in [-0.25, -0.2) is 4.79 Å². The quantitative estimate of drug-likeness (QED) is 0.604. The van der Waals surface area contributed by atoms with Gasteiger partial charge >= 0.3 is 5.97 Å². The Balaban J connectivity index is 2.41. The first kappa shape index (κ1) is 15.7. The van der Waals surface area contributed by atoms with Crippen molar-refractivity contribution in [3.8, 4) is 0 Å². The van der Waals surface area contributed by atoms with Gasteiger partial charge in [-0.1, -0.05) is 18.2 Å². The molecule has 0 amide bonds. The third-order valence-electron chi connectivity index (χ3n) is 2.33. The van der Waals surface area contributed by atoms with Crippen molar-refractivity contribution in [3.63, 3.8) is 0 Å². The predicted molar refractivity (Wildman–Crippen MR) is 72.3 cm³/mol. The molecule has 105 valence electrons. The predicted octanol–water partition coefficient (Wildman–Crippen LogP) is 3.45. The Morgan fingerprint density at radius 2 is 1.79 bits per heavy atom. The van der Waals surface area contributed by atoms with Gasteiger partial charge in [0.25, 0.3) is 0 Å². The number of carbonyl (C=O) groups excluding carboxylic acids is 1. The van der Waals surface area contributed by atoms with E-state index in [0.29, 0.717) is 11.7 Å². The summed E-state index contributed by atoms with van der Waals surface area (Å²) in [5.41, 5.74) is 1.08. The lowest BCUT2D eigenvalue weighted by molar-refractivity contribution is -0.242. The molecule has 0 saturated heterocycles. The molecule has 0 spiro atoms. The summed E-state index contributed by atoms with van der Waals surface area (Å²) in [6.07, 6.45) is 0.497. The van der Waals surface area contributed by atoms with E-state index in [4.69, 9.17) is 14.5 Å². The Labute approximate surface area is 114 Å². The lowest BCUT2D eigenvalue weighted by Crippen LogP contribution is -2.23. The zero-order valence-electron chi connectivity index (χ0n) is 12.1. The monoisotopic (exact) mass is 265 g/mol. The van der Waals surface area contributed by atoms with E-state index in [1.807, 2.05) is 39.8 Å². The van der Waals surface area contributed by atoms with Crippen LogP contribution < -0.4 is 0 Å². The maximum Gasteiger partial charge on any atom is 0.373 e. The van der Waals surface area contributed by atoms with Crippen LogP contribution in [-0.2, 0) is 14.5 Å².